The molecule has 0 amide bonds. The van der Waals surface area contributed by atoms with Gasteiger partial charge in [0, 0.05) is 29.9 Å². The van der Waals surface area contributed by atoms with Gasteiger partial charge in [0.2, 0.25) is 0 Å². The van der Waals surface area contributed by atoms with E-state index >= 15 is 0 Å². The molecule has 0 N–H and O–H groups in total. The summed E-state index contributed by atoms with van der Waals surface area (Å²) in [6, 6.07) is 15.3. The molecule has 2 aromatic carbocycles. The van der Waals surface area contributed by atoms with Crippen LogP contribution in [0.3, 0.4) is 0 Å². The van der Waals surface area contributed by atoms with Gasteiger partial charge in [-0.05, 0) is 87.6 Å². The molecule has 0 radical (unpaired) electrons. The Morgan fingerprint density at radius 2 is 1.81 bits per heavy atom. The lowest BCUT2D eigenvalue weighted by Gasteiger charge is -2.28. The molecule has 6 rings (SSSR count). The van der Waals surface area contributed by atoms with Crippen LogP contribution in [-0.2, 0) is 19.4 Å². The summed E-state index contributed by atoms with van der Waals surface area (Å²) >= 11 is 0. The van der Waals surface area contributed by atoms with Crippen LogP contribution in [0, 0.1) is 26.7 Å². The third-order valence-corrected chi connectivity index (χ3v) is 7.61. The molecule has 2 aliphatic carbocycles. The van der Waals surface area contributed by atoms with Gasteiger partial charge in [-0.25, -0.2) is 4.98 Å². The molecule has 0 unspecified atom stereocenters. The smallest absolute Gasteiger partial charge is 0.165 e. The molecule has 1 fully saturated rings. The fraction of sp³-hybridized carbons (Fsp3) is 0.400. The maximum Gasteiger partial charge on any atom is 0.165 e. The molecule has 6 heteroatoms. The Morgan fingerprint density at radius 3 is 2.50 bits per heavy atom. The van der Waals surface area contributed by atoms with Gasteiger partial charge >= 0.3 is 0 Å². The number of anilines is 1. The molecular weight excluding hydrogens is 468 g/mol. The summed E-state index contributed by atoms with van der Waals surface area (Å²) in [6.45, 7) is 8.40. The van der Waals surface area contributed by atoms with Crippen LogP contribution >= 0.6 is 12.4 Å². The van der Waals surface area contributed by atoms with Crippen LogP contribution in [0.5, 0.6) is 5.75 Å². The zero-order chi connectivity index (χ0) is 24.1. The Morgan fingerprint density at radius 1 is 1.03 bits per heavy atom. The average Bonchev–Trinajstić information content (AvgIpc) is 3.44. The van der Waals surface area contributed by atoms with Crippen LogP contribution < -0.4 is 9.64 Å². The standard InChI is InChI=1S/C30H34N4O.ClH/c1-19-8-10-22(11-9-19)17-33(18-23-12-13-23)30-26-6-5-7-27(26)31-29-28(21(3)32-34(29)30)25-15-14-24(35-4)16-20(25)2;/h8-11,14-16,23H,5-7,12-13,17-18H2,1-4H3;1H. The second kappa shape index (κ2) is 9.78. The molecule has 2 aliphatic rings. The quantitative estimate of drug-likeness (QED) is 0.283. The summed E-state index contributed by atoms with van der Waals surface area (Å²) in [4.78, 5) is 7.83. The van der Waals surface area contributed by atoms with Gasteiger partial charge in [0.1, 0.15) is 11.6 Å². The lowest BCUT2D eigenvalue weighted by Crippen LogP contribution is -2.29. The number of halogens is 1. The van der Waals surface area contributed by atoms with E-state index in [1.54, 1.807) is 7.11 Å². The van der Waals surface area contributed by atoms with Crippen molar-refractivity contribution in [3.8, 4) is 16.9 Å². The van der Waals surface area contributed by atoms with E-state index in [1.165, 1.54) is 58.6 Å². The molecule has 4 aromatic rings. The Labute approximate surface area is 219 Å². The van der Waals surface area contributed by atoms with Crippen LogP contribution in [-0.4, -0.2) is 28.3 Å². The van der Waals surface area contributed by atoms with E-state index in [0.29, 0.717) is 0 Å². The van der Waals surface area contributed by atoms with Crippen molar-refractivity contribution in [1.82, 2.24) is 14.6 Å². The lowest BCUT2D eigenvalue weighted by atomic mass is 10.0. The first kappa shape index (κ1) is 24.6. The largest absolute Gasteiger partial charge is 0.497 e. The van der Waals surface area contributed by atoms with Crippen molar-refractivity contribution in [2.24, 2.45) is 5.92 Å². The van der Waals surface area contributed by atoms with Crippen molar-refractivity contribution in [3.63, 3.8) is 0 Å². The molecule has 5 nitrogen and oxygen atoms in total. The summed E-state index contributed by atoms with van der Waals surface area (Å²) in [5.74, 6) is 2.92. The van der Waals surface area contributed by atoms with Gasteiger partial charge in [0.15, 0.2) is 5.65 Å². The number of aromatic nitrogens is 3. The predicted molar refractivity (Wildman–Crippen MR) is 149 cm³/mol. The summed E-state index contributed by atoms with van der Waals surface area (Å²) in [7, 11) is 1.72. The first-order chi connectivity index (χ1) is 17.0. The number of ether oxygens (including phenoxy) is 1. The Bertz CT molecular complexity index is 1410. The molecule has 0 atom stereocenters. The normalized spacial score (nSPS) is 14.6. The number of hydrogen-bond acceptors (Lipinski definition) is 4. The van der Waals surface area contributed by atoms with Crippen molar-refractivity contribution in [2.75, 3.05) is 18.6 Å². The van der Waals surface area contributed by atoms with E-state index in [4.69, 9.17) is 14.8 Å². The predicted octanol–water partition coefficient (Wildman–Crippen LogP) is 6.66. The fourth-order valence-electron chi connectivity index (χ4n) is 5.55. The van der Waals surface area contributed by atoms with Gasteiger partial charge in [0.05, 0.1) is 12.8 Å². The monoisotopic (exact) mass is 502 g/mol. The third-order valence-electron chi connectivity index (χ3n) is 7.61. The Kier molecular flexibility index (Phi) is 6.69. The zero-order valence-corrected chi connectivity index (χ0v) is 22.5. The third kappa shape index (κ3) is 4.45. The van der Waals surface area contributed by atoms with E-state index in [9.17, 15) is 0 Å². The lowest BCUT2D eigenvalue weighted by molar-refractivity contribution is 0.414. The van der Waals surface area contributed by atoms with Gasteiger partial charge in [-0.3, -0.25) is 0 Å². The number of fused-ring (bicyclic) bond motifs is 2. The number of methoxy groups -OCH3 is 1. The molecule has 0 saturated heterocycles. The molecule has 188 valence electrons. The van der Waals surface area contributed by atoms with Gasteiger partial charge in [0.25, 0.3) is 0 Å². The highest BCUT2D eigenvalue weighted by Gasteiger charge is 2.31. The van der Waals surface area contributed by atoms with Crippen molar-refractivity contribution in [3.05, 3.63) is 76.1 Å². The summed E-state index contributed by atoms with van der Waals surface area (Å²) in [5.41, 5.74) is 10.8. The highest BCUT2D eigenvalue weighted by Crippen LogP contribution is 2.40. The topological polar surface area (TPSA) is 42.7 Å². The maximum atomic E-state index is 5.46. The summed E-state index contributed by atoms with van der Waals surface area (Å²) < 4.78 is 7.62. The summed E-state index contributed by atoms with van der Waals surface area (Å²) in [6.07, 6.45) is 5.95. The number of hydrogen-bond donors (Lipinski definition) is 0. The van der Waals surface area contributed by atoms with E-state index in [-0.39, 0.29) is 12.4 Å². The average molecular weight is 503 g/mol. The van der Waals surface area contributed by atoms with Gasteiger partial charge in [-0.2, -0.15) is 9.61 Å². The first-order valence-electron chi connectivity index (χ1n) is 12.9. The Hall–Kier alpha value is -3.05. The molecule has 2 aromatic heterocycles. The SMILES string of the molecule is COc1ccc(-c2c(C)nn3c(N(Cc4ccc(C)cc4)CC4CC4)c4c(nc23)CCC4)c(C)c1.Cl. The first-order valence-corrected chi connectivity index (χ1v) is 12.9. The number of nitrogens with zero attached hydrogens (tertiary/aromatic N) is 4. The van der Waals surface area contributed by atoms with Crippen LogP contribution in [0.15, 0.2) is 42.5 Å². The van der Waals surface area contributed by atoms with Crippen molar-refractivity contribution in [1.29, 1.82) is 0 Å². The van der Waals surface area contributed by atoms with Gasteiger partial charge in [-0.1, -0.05) is 35.9 Å². The molecule has 0 aliphatic heterocycles. The van der Waals surface area contributed by atoms with E-state index in [0.717, 1.165) is 54.5 Å². The van der Waals surface area contributed by atoms with Crippen LogP contribution in [0.4, 0.5) is 5.82 Å². The van der Waals surface area contributed by atoms with E-state index < -0.39 is 0 Å². The van der Waals surface area contributed by atoms with Crippen molar-refractivity contribution in [2.45, 2.75) is 59.4 Å². The molecule has 0 bridgehead atoms. The minimum absolute atomic E-state index is 0. The minimum Gasteiger partial charge on any atom is -0.497 e. The highest BCUT2D eigenvalue weighted by atomic mass is 35.5. The number of aryl methyl sites for hydroxylation is 4. The molecule has 2 heterocycles. The number of benzene rings is 2. The second-order valence-corrected chi connectivity index (χ2v) is 10.4. The van der Waals surface area contributed by atoms with Crippen molar-refractivity contribution >= 4 is 23.9 Å². The second-order valence-electron chi connectivity index (χ2n) is 10.4. The fourth-order valence-corrected chi connectivity index (χ4v) is 5.55. The molecule has 1 saturated carbocycles. The van der Waals surface area contributed by atoms with Crippen LogP contribution in [0.25, 0.3) is 16.8 Å². The Balaban J connectivity index is 0.00000267. The molecular formula is C30H35ClN4O. The van der Waals surface area contributed by atoms with Gasteiger partial charge in [-0.15, -0.1) is 12.4 Å². The zero-order valence-electron chi connectivity index (χ0n) is 21.7. The van der Waals surface area contributed by atoms with E-state index in [2.05, 4.69) is 66.6 Å². The van der Waals surface area contributed by atoms with Crippen molar-refractivity contribution < 1.29 is 4.74 Å². The van der Waals surface area contributed by atoms with E-state index in [1.807, 2.05) is 6.07 Å². The minimum atomic E-state index is 0. The maximum absolute atomic E-state index is 5.46. The molecule has 0 spiro atoms. The highest BCUT2D eigenvalue weighted by molar-refractivity contribution is 5.85. The molecule has 36 heavy (non-hydrogen) atoms. The van der Waals surface area contributed by atoms with Crippen LogP contribution in [0.2, 0.25) is 0 Å². The van der Waals surface area contributed by atoms with Crippen LogP contribution in [0.1, 0.15) is 52.9 Å². The summed E-state index contributed by atoms with van der Waals surface area (Å²) in [5, 5.41) is 5.14. The van der Waals surface area contributed by atoms with Gasteiger partial charge < -0.3 is 9.64 Å². The number of rotatable bonds is 7.